The summed E-state index contributed by atoms with van der Waals surface area (Å²) in [5.74, 6) is 0. The van der Waals surface area contributed by atoms with Crippen LogP contribution >= 0.6 is 0 Å². The summed E-state index contributed by atoms with van der Waals surface area (Å²) < 4.78 is 161. The number of rotatable bonds is 8. The number of furan rings is 1. The van der Waals surface area contributed by atoms with E-state index in [9.17, 15) is 16.4 Å². The van der Waals surface area contributed by atoms with Crippen LogP contribution < -0.4 is 26.2 Å². The monoisotopic (exact) mass is 1270 g/mol. The van der Waals surface area contributed by atoms with Crippen molar-refractivity contribution in [2.45, 2.75) is 52.4 Å². The number of para-hydroxylation sites is 6. The summed E-state index contributed by atoms with van der Waals surface area (Å²) in [4.78, 5) is 4.55. The number of benzene rings is 14. The molecule has 2 aliphatic heterocycles. The first-order chi connectivity index (χ1) is 54.5. The molecular formula is C92H69BN4O. The van der Waals surface area contributed by atoms with E-state index < -0.39 is 103 Å². The summed E-state index contributed by atoms with van der Waals surface area (Å²) >= 11 is 0. The van der Waals surface area contributed by atoms with E-state index >= 15 is 0 Å². The maximum atomic E-state index is 9.83. The number of nitrogens with zero attached hydrogens (tertiary/aromatic N) is 4. The highest BCUT2D eigenvalue weighted by Crippen LogP contribution is 2.54. The summed E-state index contributed by atoms with van der Waals surface area (Å²) in [5.41, 5.74) is 16.3. The molecule has 0 unspecified atom stereocenters. The molecule has 17 aromatic rings. The normalized spacial score (nSPS) is 15.2. The van der Waals surface area contributed by atoms with Crippen molar-refractivity contribution in [3.63, 3.8) is 0 Å². The maximum absolute atomic E-state index is 9.83. The highest BCUT2D eigenvalue weighted by Gasteiger charge is 2.46. The van der Waals surface area contributed by atoms with Crippen LogP contribution in [0.4, 0.5) is 34.1 Å². The Hall–Kier alpha value is -11.9. The lowest BCUT2D eigenvalue weighted by Gasteiger charge is -2.45. The smallest absolute Gasteiger partial charge is 0.252 e. The minimum Gasteiger partial charge on any atom is -0.456 e. The van der Waals surface area contributed by atoms with E-state index in [1.807, 2.05) is 103 Å². The molecule has 0 aliphatic carbocycles. The molecule has 6 heteroatoms. The van der Waals surface area contributed by atoms with Gasteiger partial charge in [-0.1, -0.05) is 272 Å². The van der Waals surface area contributed by atoms with Gasteiger partial charge in [0, 0.05) is 72.2 Å². The lowest BCUT2D eigenvalue weighted by atomic mass is 9.33. The Kier molecular flexibility index (Phi) is 9.64. The molecule has 5 nitrogen and oxygen atoms in total. The second-order valence-electron chi connectivity index (χ2n) is 27.6. The SMILES string of the molecule is [2H]c1c([2H])c([2H])c2c(c1[2H])c1c([2H])c([2H])c([2H])c([2H])c1n2-c1ccc2c(c1)N(c1c(-c3ccccc3)cccc1-c1ccccc1)c1cc(-c3cccc(C(C)(C)C)c3)cc3c1B2c1ccc(-n2c4c([2H])c([2H])c([2H])c([2H])c4c4c([2H])c([2H])c([2H])c([2H])c42)cc1N3c1cc(-c2ccc(C(C)(C)C)cc2)cc2oc3ccccc3c12. The zero-order valence-corrected chi connectivity index (χ0v) is 54.5. The molecule has 5 heterocycles. The largest absolute Gasteiger partial charge is 0.456 e. The van der Waals surface area contributed by atoms with E-state index in [2.05, 4.69) is 161 Å². The van der Waals surface area contributed by atoms with Crippen LogP contribution in [0.5, 0.6) is 0 Å². The van der Waals surface area contributed by atoms with Crippen LogP contribution in [0.3, 0.4) is 0 Å². The van der Waals surface area contributed by atoms with Gasteiger partial charge in [-0.05, 0) is 150 Å². The lowest BCUT2D eigenvalue weighted by molar-refractivity contribution is 0.590. The molecule has 0 saturated carbocycles. The predicted molar refractivity (Wildman–Crippen MR) is 416 cm³/mol. The first kappa shape index (κ1) is 43.3. The van der Waals surface area contributed by atoms with Crippen molar-refractivity contribution in [2.75, 3.05) is 9.80 Å². The standard InChI is InChI=1S/C92H69BN4O/c1-91(2,3)64-45-43-58(44-46-64)63-52-83(88-74-35-17-22-42-86(74)98-87(88)55-63)96-81-56-66(94-77-38-18-13-31-70(77)71-32-14-19-39-78(71)94)47-49-75(81)93-76-50-48-67(95-79-40-20-15-33-72(79)73-34-16-21-41-80(73)95)57-82(76)97(85-54-62(53-84(96)89(85)93)61-29-23-30-65(51-61)92(4,5)6)90-68(59-25-9-7-10-26-59)36-24-37-69(90)60-27-11-8-12-28-60/h7-57H,1-6H3/i13D,14D,15D,16D,18D,19D,20D,21D,31D,32D,33D,34D,38D,39D,40D,41D. The van der Waals surface area contributed by atoms with Gasteiger partial charge in [-0.3, -0.25) is 0 Å². The molecule has 14 aromatic carbocycles. The molecule has 3 aromatic heterocycles. The molecule has 0 bridgehead atoms. The topological polar surface area (TPSA) is 29.5 Å². The van der Waals surface area contributed by atoms with Gasteiger partial charge in [-0.15, -0.1) is 0 Å². The van der Waals surface area contributed by atoms with E-state index in [-0.39, 0.29) is 54.4 Å². The number of fused-ring (bicyclic) bond motifs is 13. The van der Waals surface area contributed by atoms with Crippen molar-refractivity contribution in [3.05, 3.63) is 320 Å². The Morgan fingerprint density at radius 2 is 0.786 bits per heavy atom. The van der Waals surface area contributed by atoms with E-state index in [1.54, 1.807) is 9.13 Å². The lowest BCUT2D eigenvalue weighted by Crippen LogP contribution is -2.61. The van der Waals surface area contributed by atoms with Gasteiger partial charge >= 0.3 is 0 Å². The Balaban J connectivity index is 1.03. The highest BCUT2D eigenvalue weighted by atomic mass is 16.3. The van der Waals surface area contributed by atoms with Crippen molar-refractivity contribution in [1.29, 1.82) is 0 Å². The van der Waals surface area contributed by atoms with Crippen LogP contribution in [-0.2, 0) is 10.8 Å². The Bertz CT molecular complexity index is 6890. The van der Waals surface area contributed by atoms with E-state index in [0.717, 1.165) is 83.0 Å². The molecule has 0 fully saturated rings. The zero-order valence-electron chi connectivity index (χ0n) is 70.5. The molecular weight excluding hydrogens is 1190 g/mol. The molecule has 98 heavy (non-hydrogen) atoms. The van der Waals surface area contributed by atoms with Gasteiger partial charge in [0.15, 0.2) is 0 Å². The van der Waals surface area contributed by atoms with Crippen LogP contribution in [0.15, 0.2) is 313 Å². The molecule has 2 aliphatic rings. The Labute approximate surface area is 593 Å². The molecule has 0 saturated heterocycles. The van der Waals surface area contributed by atoms with Gasteiger partial charge < -0.3 is 23.4 Å². The van der Waals surface area contributed by atoms with Gasteiger partial charge in [0.2, 0.25) is 0 Å². The van der Waals surface area contributed by atoms with E-state index in [1.165, 1.54) is 0 Å². The maximum Gasteiger partial charge on any atom is 0.252 e. The molecule has 0 amide bonds. The molecule has 0 spiro atoms. The minimum atomic E-state index is -0.778. The summed E-state index contributed by atoms with van der Waals surface area (Å²) in [6, 6.07) is 63.6. The highest BCUT2D eigenvalue weighted by molar-refractivity contribution is 7.00. The quantitative estimate of drug-likeness (QED) is 0.142. The first-order valence-corrected chi connectivity index (χ1v) is 33.0. The Morgan fingerprint density at radius 1 is 0.327 bits per heavy atom. The van der Waals surface area contributed by atoms with Crippen molar-refractivity contribution < 1.29 is 26.3 Å². The predicted octanol–water partition coefficient (Wildman–Crippen LogP) is 23.1. The Morgan fingerprint density at radius 3 is 1.33 bits per heavy atom. The van der Waals surface area contributed by atoms with E-state index in [4.69, 9.17) is 9.90 Å². The van der Waals surface area contributed by atoms with Gasteiger partial charge in [0.1, 0.15) is 11.2 Å². The van der Waals surface area contributed by atoms with Crippen LogP contribution in [-0.4, -0.2) is 15.8 Å². The second-order valence-corrected chi connectivity index (χ2v) is 27.6. The van der Waals surface area contributed by atoms with Gasteiger partial charge in [-0.25, -0.2) is 0 Å². The molecule has 0 radical (unpaired) electrons. The van der Waals surface area contributed by atoms with E-state index in [0.29, 0.717) is 56.4 Å². The number of hydrogen-bond donors (Lipinski definition) is 0. The summed E-state index contributed by atoms with van der Waals surface area (Å²) in [6.45, 7) is 12.3. The van der Waals surface area contributed by atoms with Crippen LogP contribution in [0.1, 0.15) is 74.6 Å². The third-order valence-electron chi connectivity index (χ3n) is 19.9. The fraction of sp³-hybridized carbons (Fsp3) is 0.0870. The van der Waals surface area contributed by atoms with Crippen molar-refractivity contribution >= 4 is 123 Å². The van der Waals surface area contributed by atoms with Gasteiger partial charge in [0.25, 0.3) is 6.71 Å². The summed E-state index contributed by atoms with van der Waals surface area (Å²) in [5, 5.41) is 1.25. The summed E-state index contributed by atoms with van der Waals surface area (Å²) in [6.07, 6.45) is 0. The second kappa shape index (κ2) is 21.8. The first-order valence-electron chi connectivity index (χ1n) is 41.0. The molecule has 0 atom stereocenters. The third-order valence-corrected chi connectivity index (χ3v) is 19.9. The molecule has 19 rings (SSSR count). The van der Waals surface area contributed by atoms with Crippen LogP contribution in [0.25, 0.3) is 121 Å². The third kappa shape index (κ3) is 8.94. The molecule has 0 N–H and O–H groups in total. The van der Waals surface area contributed by atoms with Crippen LogP contribution in [0, 0.1) is 0 Å². The average Bonchev–Trinajstić information content (AvgIpc) is 1.71. The average molecular weight is 1270 g/mol. The van der Waals surface area contributed by atoms with Crippen molar-refractivity contribution in [2.24, 2.45) is 0 Å². The number of hydrogen-bond acceptors (Lipinski definition) is 3. The van der Waals surface area contributed by atoms with Crippen molar-refractivity contribution in [3.8, 4) is 55.9 Å². The van der Waals surface area contributed by atoms with Crippen molar-refractivity contribution in [1.82, 2.24) is 9.13 Å². The van der Waals surface area contributed by atoms with Gasteiger partial charge in [0.05, 0.1) is 60.8 Å². The van der Waals surface area contributed by atoms with Gasteiger partial charge in [-0.2, -0.15) is 0 Å². The number of aromatic nitrogens is 2. The fourth-order valence-electron chi connectivity index (χ4n) is 15.3. The zero-order chi connectivity index (χ0) is 79.6. The minimum absolute atomic E-state index is 0.0555. The molecule has 466 valence electrons. The van der Waals surface area contributed by atoms with Crippen LogP contribution in [0.2, 0.25) is 0 Å². The fourth-order valence-corrected chi connectivity index (χ4v) is 15.3. The number of anilines is 6. The summed E-state index contributed by atoms with van der Waals surface area (Å²) in [7, 11) is 0.